The van der Waals surface area contributed by atoms with Gasteiger partial charge in [-0.3, -0.25) is 4.79 Å². The monoisotopic (exact) mass is 292 g/mol. The van der Waals surface area contributed by atoms with Crippen LogP contribution in [-0.4, -0.2) is 30.2 Å². The second-order valence-corrected chi connectivity index (χ2v) is 5.72. The second kappa shape index (κ2) is 6.91. The first kappa shape index (κ1) is 15.8. The Bertz CT molecular complexity index is 467. The number of nitrogens with two attached hydrogens (primary N) is 1. The fourth-order valence-corrected chi connectivity index (χ4v) is 2.72. The molecule has 5 nitrogen and oxygen atoms in total. The molecule has 1 unspecified atom stereocenters. The van der Waals surface area contributed by atoms with Crippen LogP contribution in [0.5, 0.6) is 5.75 Å². The van der Waals surface area contributed by atoms with Crippen molar-refractivity contribution >= 4 is 5.91 Å². The van der Waals surface area contributed by atoms with E-state index in [1.165, 1.54) is 0 Å². The van der Waals surface area contributed by atoms with Crippen LogP contribution in [0.3, 0.4) is 0 Å². The van der Waals surface area contributed by atoms with Crippen LogP contribution in [0.15, 0.2) is 24.3 Å². The molecule has 21 heavy (non-hydrogen) atoms. The smallest absolute Gasteiger partial charge is 0.240 e. The van der Waals surface area contributed by atoms with Crippen molar-refractivity contribution in [2.45, 2.75) is 43.7 Å². The number of aliphatic hydroxyl groups is 1. The average molecular weight is 292 g/mol. The molecule has 0 bridgehead atoms. The number of rotatable bonds is 5. The predicted octanol–water partition coefficient (Wildman–Crippen LogP) is 1.51. The van der Waals surface area contributed by atoms with Gasteiger partial charge in [0.15, 0.2) is 0 Å². The Balaban J connectivity index is 1.87. The van der Waals surface area contributed by atoms with E-state index in [0.29, 0.717) is 0 Å². The lowest BCUT2D eigenvalue weighted by molar-refractivity contribution is -0.128. The maximum absolute atomic E-state index is 12.2. The first-order valence-electron chi connectivity index (χ1n) is 7.44. The minimum absolute atomic E-state index is 0.158. The molecule has 4 N–H and O–H groups in total. The van der Waals surface area contributed by atoms with Crippen LogP contribution >= 0.6 is 0 Å². The fraction of sp³-hybridized carbons (Fsp3) is 0.562. The van der Waals surface area contributed by atoms with Gasteiger partial charge < -0.3 is 20.9 Å². The summed E-state index contributed by atoms with van der Waals surface area (Å²) >= 11 is 0. The van der Waals surface area contributed by atoms with E-state index in [0.717, 1.165) is 43.4 Å². The molecule has 1 aromatic carbocycles. The van der Waals surface area contributed by atoms with Gasteiger partial charge in [0, 0.05) is 6.54 Å². The van der Waals surface area contributed by atoms with Crippen molar-refractivity contribution in [3.63, 3.8) is 0 Å². The third-order valence-electron chi connectivity index (χ3n) is 4.15. The Morgan fingerprint density at radius 2 is 1.95 bits per heavy atom. The number of hydrogen-bond donors (Lipinski definition) is 3. The largest absolute Gasteiger partial charge is 0.497 e. The van der Waals surface area contributed by atoms with Crippen LogP contribution in [0.2, 0.25) is 0 Å². The van der Waals surface area contributed by atoms with Crippen LogP contribution in [-0.2, 0) is 4.79 Å². The zero-order chi connectivity index (χ0) is 15.3. The van der Waals surface area contributed by atoms with Gasteiger partial charge in [0.25, 0.3) is 0 Å². The van der Waals surface area contributed by atoms with Gasteiger partial charge in [-0.1, -0.05) is 31.4 Å². The summed E-state index contributed by atoms with van der Waals surface area (Å²) in [6, 6.07) is 7.14. The molecule has 0 radical (unpaired) electrons. The van der Waals surface area contributed by atoms with Gasteiger partial charge in [-0.15, -0.1) is 0 Å². The Morgan fingerprint density at radius 3 is 2.52 bits per heavy atom. The Kier molecular flexibility index (Phi) is 5.20. The summed E-state index contributed by atoms with van der Waals surface area (Å²) < 4.78 is 5.07. The minimum atomic E-state index is -0.766. The van der Waals surface area contributed by atoms with E-state index >= 15 is 0 Å². The first-order chi connectivity index (χ1) is 10.0. The highest BCUT2D eigenvalue weighted by atomic mass is 16.5. The molecule has 1 aliphatic carbocycles. The van der Waals surface area contributed by atoms with E-state index in [2.05, 4.69) is 5.32 Å². The van der Waals surface area contributed by atoms with Crippen molar-refractivity contribution in [2.75, 3.05) is 13.7 Å². The van der Waals surface area contributed by atoms with E-state index in [1.807, 2.05) is 0 Å². The van der Waals surface area contributed by atoms with E-state index in [9.17, 15) is 9.90 Å². The van der Waals surface area contributed by atoms with E-state index in [1.54, 1.807) is 31.4 Å². The normalized spacial score (nSPS) is 18.8. The average Bonchev–Trinajstić information content (AvgIpc) is 2.53. The molecule has 1 fully saturated rings. The van der Waals surface area contributed by atoms with Gasteiger partial charge in [0.1, 0.15) is 5.75 Å². The molecule has 5 heteroatoms. The predicted molar refractivity (Wildman–Crippen MR) is 81.0 cm³/mol. The summed E-state index contributed by atoms with van der Waals surface area (Å²) in [6.45, 7) is 0.171. The highest BCUT2D eigenvalue weighted by Gasteiger charge is 2.35. The molecule has 116 valence electrons. The molecule has 1 saturated carbocycles. The zero-order valence-electron chi connectivity index (χ0n) is 12.5. The maximum Gasteiger partial charge on any atom is 0.240 e. The number of carbonyl (C=O) groups is 1. The van der Waals surface area contributed by atoms with Gasteiger partial charge in [0.05, 0.1) is 18.8 Å². The van der Waals surface area contributed by atoms with Gasteiger partial charge in [-0.25, -0.2) is 0 Å². The topological polar surface area (TPSA) is 84.6 Å². The second-order valence-electron chi connectivity index (χ2n) is 5.72. The molecule has 0 spiro atoms. The van der Waals surface area contributed by atoms with Crippen molar-refractivity contribution in [1.29, 1.82) is 0 Å². The highest BCUT2D eigenvalue weighted by molar-refractivity contribution is 5.86. The molecular formula is C16H24N2O3. The molecule has 0 saturated heterocycles. The zero-order valence-corrected chi connectivity index (χ0v) is 12.5. The summed E-state index contributed by atoms with van der Waals surface area (Å²) in [4.78, 5) is 12.2. The standard InChI is InChI=1S/C16H24N2O3/c1-21-13-7-5-12(6-8-13)14(19)11-18-15(20)16(17)9-3-2-4-10-16/h5-8,14,19H,2-4,9-11,17H2,1H3,(H,18,20). The van der Waals surface area contributed by atoms with Crippen LogP contribution in [0.4, 0.5) is 0 Å². The number of carbonyl (C=O) groups excluding carboxylic acids is 1. The quantitative estimate of drug-likeness (QED) is 0.768. The molecule has 1 aliphatic rings. The van der Waals surface area contributed by atoms with Gasteiger partial charge in [-0.2, -0.15) is 0 Å². The van der Waals surface area contributed by atoms with Gasteiger partial charge in [0.2, 0.25) is 5.91 Å². The molecular weight excluding hydrogens is 268 g/mol. The van der Waals surface area contributed by atoms with Crippen LogP contribution in [0, 0.1) is 0 Å². The van der Waals surface area contributed by atoms with Crippen LogP contribution in [0.25, 0.3) is 0 Å². The number of aliphatic hydroxyl groups excluding tert-OH is 1. The summed E-state index contributed by atoms with van der Waals surface area (Å²) in [5, 5.41) is 12.9. The molecule has 1 aromatic rings. The molecule has 0 heterocycles. The summed E-state index contributed by atoms with van der Waals surface area (Å²) in [6.07, 6.45) is 3.82. The van der Waals surface area contributed by atoms with Crippen molar-refractivity contribution in [1.82, 2.24) is 5.32 Å². The highest BCUT2D eigenvalue weighted by Crippen LogP contribution is 2.26. The third kappa shape index (κ3) is 3.95. The van der Waals surface area contributed by atoms with Crippen LogP contribution < -0.4 is 15.8 Å². The molecule has 0 aliphatic heterocycles. The van der Waals surface area contributed by atoms with E-state index in [-0.39, 0.29) is 12.5 Å². The lowest BCUT2D eigenvalue weighted by Crippen LogP contribution is -2.55. The maximum atomic E-state index is 12.2. The van der Waals surface area contributed by atoms with Crippen molar-refractivity contribution in [3.8, 4) is 5.75 Å². The third-order valence-corrected chi connectivity index (χ3v) is 4.15. The number of amides is 1. The van der Waals surface area contributed by atoms with Crippen molar-refractivity contribution in [3.05, 3.63) is 29.8 Å². The summed E-state index contributed by atoms with van der Waals surface area (Å²) in [5.41, 5.74) is 6.13. The lowest BCUT2D eigenvalue weighted by Gasteiger charge is -2.32. The Hall–Kier alpha value is -1.59. The van der Waals surface area contributed by atoms with Crippen molar-refractivity contribution in [2.24, 2.45) is 5.73 Å². The molecule has 0 aromatic heterocycles. The summed E-state index contributed by atoms with van der Waals surface area (Å²) in [5.74, 6) is 0.577. The molecule has 1 atom stereocenters. The summed E-state index contributed by atoms with van der Waals surface area (Å²) in [7, 11) is 1.59. The molecule has 1 amide bonds. The molecule has 2 rings (SSSR count). The fourth-order valence-electron chi connectivity index (χ4n) is 2.72. The van der Waals surface area contributed by atoms with Gasteiger partial charge in [-0.05, 0) is 30.5 Å². The minimum Gasteiger partial charge on any atom is -0.497 e. The van der Waals surface area contributed by atoms with Gasteiger partial charge >= 0.3 is 0 Å². The van der Waals surface area contributed by atoms with E-state index < -0.39 is 11.6 Å². The Morgan fingerprint density at radius 1 is 1.33 bits per heavy atom. The number of methoxy groups -OCH3 is 1. The number of ether oxygens (including phenoxy) is 1. The first-order valence-corrected chi connectivity index (χ1v) is 7.44. The lowest BCUT2D eigenvalue weighted by atomic mass is 9.82. The number of benzene rings is 1. The Labute approximate surface area is 125 Å². The number of hydrogen-bond acceptors (Lipinski definition) is 4. The van der Waals surface area contributed by atoms with E-state index in [4.69, 9.17) is 10.5 Å². The van der Waals surface area contributed by atoms with Crippen LogP contribution in [0.1, 0.15) is 43.8 Å². The van der Waals surface area contributed by atoms with Crippen molar-refractivity contribution < 1.29 is 14.6 Å². The number of nitrogens with one attached hydrogen (secondary N) is 1. The SMILES string of the molecule is COc1ccc(C(O)CNC(=O)C2(N)CCCCC2)cc1.